The number of carbonyl (C=O) groups excluding carboxylic acids is 1. The Morgan fingerprint density at radius 1 is 1.11 bits per heavy atom. The summed E-state index contributed by atoms with van der Waals surface area (Å²) in [5.74, 6) is -0.281. The number of rotatable bonds is 6. The van der Waals surface area contributed by atoms with E-state index in [1.165, 1.54) is 24.3 Å². The highest BCUT2D eigenvalue weighted by molar-refractivity contribution is 7.92. The lowest BCUT2D eigenvalue weighted by Gasteiger charge is -2.11. The number of nitrogens with one attached hydrogen (secondary N) is 2. The van der Waals surface area contributed by atoms with Gasteiger partial charge in [0.05, 0.1) is 11.4 Å². The van der Waals surface area contributed by atoms with E-state index in [2.05, 4.69) is 15.2 Å². The third-order valence-electron chi connectivity index (χ3n) is 3.97. The van der Waals surface area contributed by atoms with Gasteiger partial charge in [0.25, 0.3) is 15.9 Å². The zero-order chi connectivity index (χ0) is 20.3. The summed E-state index contributed by atoms with van der Waals surface area (Å²) < 4.78 is 45.5. The SMILES string of the molecule is Cc1cc(CNC(=O)c2cc(S(=O)(=O)Nc3ccc(F)cc3)ccc2C)no1. The van der Waals surface area contributed by atoms with Crippen LogP contribution in [0.25, 0.3) is 0 Å². The van der Waals surface area contributed by atoms with Crippen molar-refractivity contribution in [2.75, 3.05) is 4.72 Å². The maximum atomic E-state index is 13.0. The van der Waals surface area contributed by atoms with Gasteiger partial charge in [0, 0.05) is 17.3 Å². The van der Waals surface area contributed by atoms with Gasteiger partial charge in [0.2, 0.25) is 0 Å². The van der Waals surface area contributed by atoms with Crippen molar-refractivity contribution in [3.8, 4) is 0 Å². The Kier molecular flexibility index (Phi) is 5.46. The number of aromatic nitrogens is 1. The van der Waals surface area contributed by atoms with Crippen molar-refractivity contribution in [2.24, 2.45) is 0 Å². The summed E-state index contributed by atoms with van der Waals surface area (Å²) in [6, 6.07) is 10.9. The highest BCUT2D eigenvalue weighted by Crippen LogP contribution is 2.20. The number of halogens is 1. The number of amides is 1. The molecule has 0 saturated carbocycles. The normalized spacial score (nSPS) is 11.2. The predicted octanol–water partition coefficient (Wildman–Crippen LogP) is 3.16. The van der Waals surface area contributed by atoms with Crippen LogP contribution in [0.4, 0.5) is 10.1 Å². The number of hydrogen-bond donors (Lipinski definition) is 2. The average molecular weight is 403 g/mol. The smallest absolute Gasteiger partial charge is 0.261 e. The second kappa shape index (κ2) is 7.81. The Labute approximate surface area is 161 Å². The summed E-state index contributed by atoms with van der Waals surface area (Å²) in [5, 5.41) is 6.48. The number of aryl methyl sites for hydroxylation is 2. The molecule has 2 N–H and O–H groups in total. The lowest BCUT2D eigenvalue weighted by atomic mass is 10.1. The predicted molar refractivity (Wildman–Crippen MR) is 101 cm³/mol. The van der Waals surface area contributed by atoms with Crippen molar-refractivity contribution in [3.63, 3.8) is 0 Å². The van der Waals surface area contributed by atoms with Gasteiger partial charge in [-0.25, -0.2) is 12.8 Å². The monoisotopic (exact) mass is 403 g/mol. The molecular formula is C19H18FN3O4S. The van der Waals surface area contributed by atoms with Crippen molar-refractivity contribution >= 4 is 21.6 Å². The Hall–Kier alpha value is -3.20. The standard InChI is InChI=1S/C19H18FN3O4S/c1-12-3-8-17(28(25,26)23-15-6-4-14(20)5-7-15)10-18(12)19(24)21-11-16-9-13(2)27-22-16/h3-10,23H,11H2,1-2H3,(H,21,24). The van der Waals surface area contributed by atoms with Crippen LogP contribution in [0.3, 0.4) is 0 Å². The maximum Gasteiger partial charge on any atom is 0.261 e. The summed E-state index contributed by atoms with van der Waals surface area (Å²) in [7, 11) is -3.94. The maximum absolute atomic E-state index is 13.0. The molecule has 7 nitrogen and oxygen atoms in total. The third kappa shape index (κ3) is 4.55. The Balaban J connectivity index is 1.79. The van der Waals surface area contributed by atoms with Crippen LogP contribution < -0.4 is 10.0 Å². The van der Waals surface area contributed by atoms with Crippen molar-refractivity contribution < 1.29 is 22.1 Å². The molecule has 1 aromatic heterocycles. The quantitative estimate of drug-likeness (QED) is 0.658. The number of benzene rings is 2. The molecule has 0 bridgehead atoms. The number of hydrogen-bond acceptors (Lipinski definition) is 5. The molecule has 0 aliphatic heterocycles. The first-order valence-electron chi connectivity index (χ1n) is 8.34. The molecule has 9 heteroatoms. The molecule has 3 rings (SSSR count). The van der Waals surface area contributed by atoms with Gasteiger partial charge in [0.1, 0.15) is 17.3 Å². The summed E-state index contributed by atoms with van der Waals surface area (Å²) in [6.07, 6.45) is 0. The van der Waals surface area contributed by atoms with Crippen LogP contribution >= 0.6 is 0 Å². The molecule has 146 valence electrons. The van der Waals surface area contributed by atoms with E-state index in [1.54, 1.807) is 26.0 Å². The van der Waals surface area contributed by atoms with Crippen LogP contribution in [0, 0.1) is 19.7 Å². The molecule has 0 fully saturated rings. The molecule has 0 aliphatic rings. The van der Waals surface area contributed by atoms with Gasteiger partial charge in [0.15, 0.2) is 0 Å². The van der Waals surface area contributed by atoms with Crippen LogP contribution in [-0.4, -0.2) is 19.5 Å². The van der Waals surface area contributed by atoms with Gasteiger partial charge in [-0.1, -0.05) is 11.2 Å². The van der Waals surface area contributed by atoms with Crippen molar-refractivity contribution in [3.05, 3.63) is 76.9 Å². The van der Waals surface area contributed by atoms with E-state index in [9.17, 15) is 17.6 Å². The Morgan fingerprint density at radius 3 is 2.46 bits per heavy atom. The topological polar surface area (TPSA) is 101 Å². The first-order valence-corrected chi connectivity index (χ1v) is 9.82. The summed E-state index contributed by atoms with van der Waals surface area (Å²) in [5.41, 5.74) is 1.62. The minimum Gasteiger partial charge on any atom is -0.361 e. The average Bonchev–Trinajstić information content (AvgIpc) is 3.07. The van der Waals surface area contributed by atoms with E-state index in [4.69, 9.17) is 4.52 Å². The van der Waals surface area contributed by atoms with Crippen molar-refractivity contribution in [1.29, 1.82) is 0 Å². The van der Waals surface area contributed by atoms with E-state index in [-0.39, 0.29) is 22.7 Å². The summed E-state index contributed by atoms with van der Waals surface area (Å²) >= 11 is 0. The van der Waals surface area contributed by atoms with Crippen LogP contribution in [0.2, 0.25) is 0 Å². The van der Waals surface area contributed by atoms with Gasteiger partial charge in [-0.3, -0.25) is 9.52 Å². The molecule has 0 saturated heterocycles. The molecule has 0 spiro atoms. The minimum absolute atomic E-state index is 0.0788. The van der Waals surface area contributed by atoms with Crippen molar-refractivity contribution in [1.82, 2.24) is 10.5 Å². The second-order valence-corrected chi connectivity index (χ2v) is 7.88. The minimum atomic E-state index is -3.94. The van der Waals surface area contributed by atoms with Crippen LogP contribution in [0.1, 0.15) is 27.4 Å². The van der Waals surface area contributed by atoms with Crippen LogP contribution in [-0.2, 0) is 16.6 Å². The first kappa shape index (κ1) is 19.6. The fraction of sp³-hybridized carbons (Fsp3) is 0.158. The fourth-order valence-electron chi connectivity index (χ4n) is 2.51. The van der Waals surface area contributed by atoms with Gasteiger partial charge >= 0.3 is 0 Å². The second-order valence-electron chi connectivity index (χ2n) is 6.20. The molecule has 2 aromatic carbocycles. The molecule has 3 aromatic rings. The van der Waals surface area contributed by atoms with Crippen LogP contribution in [0.15, 0.2) is 57.9 Å². The lowest BCUT2D eigenvalue weighted by Crippen LogP contribution is -2.24. The fourth-order valence-corrected chi connectivity index (χ4v) is 3.60. The number of carbonyl (C=O) groups is 1. The highest BCUT2D eigenvalue weighted by Gasteiger charge is 2.18. The summed E-state index contributed by atoms with van der Waals surface area (Å²) in [6.45, 7) is 3.60. The number of nitrogens with zero attached hydrogens (tertiary/aromatic N) is 1. The molecule has 0 atom stereocenters. The molecule has 1 heterocycles. The first-order chi connectivity index (χ1) is 13.2. The van der Waals surface area contributed by atoms with Gasteiger partial charge in [-0.2, -0.15) is 0 Å². The summed E-state index contributed by atoms with van der Waals surface area (Å²) in [4.78, 5) is 12.4. The molecule has 0 unspecified atom stereocenters. The molecule has 0 radical (unpaired) electrons. The Bertz CT molecular complexity index is 1110. The molecular weight excluding hydrogens is 385 g/mol. The van der Waals surface area contributed by atoms with Crippen LogP contribution in [0.5, 0.6) is 0 Å². The molecule has 1 amide bonds. The number of anilines is 1. The van der Waals surface area contributed by atoms with E-state index in [0.717, 1.165) is 12.1 Å². The number of sulfonamides is 1. The Morgan fingerprint density at radius 2 is 1.82 bits per heavy atom. The third-order valence-corrected chi connectivity index (χ3v) is 5.35. The van der Waals surface area contributed by atoms with Gasteiger partial charge in [-0.05, 0) is 55.8 Å². The van der Waals surface area contributed by atoms with E-state index in [0.29, 0.717) is 17.0 Å². The molecule has 28 heavy (non-hydrogen) atoms. The van der Waals surface area contributed by atoms with E-state index >= 15 is 0 Å². The van der Waals surface area contributed by atoms with Gasteiger partial charge < -0.3 is 9.84 Å². The zero-order valence-corrected chi connectivity index (χ0v) is 16.0. The lowest BCUT2D eigenvalue weighted by molar-refractivity contribution is 0.0949. The largest absolute Gasteiger partial charge is 0.361 e. The van der Waals surface area contributed by atoms with E-state index < -0.39 is 21.7 Å². The van der Waals surface area contributed by atoms with Gasteiger partial charge in [-0.15, -0.1) is 0 Å². The van der Waals surface area contributed by atoms with E-state index in [1.807, 2.05) is 0 Å². The van der Waals surface area contributed by atoms with Crippen molar-refractivity contribution in [2.45, 2.75) is 25.3 Å². The highest BCUT2D eigenvalue weighted by atomic mass is 32.2. The molecule has 0 aliphatic carbocycles. The zero-order valence-electron chi connectivity index (χ0n) is 15.2.